The maximum absolute atomic E-state index is 6.06. The summed E-state index contributed by atoms with van der Waals surface area (Å²) in [5, 5.41) is 0. The molecule has 17 heavy (non-hydrogen) atoms. The first-order valence-electron chi connectivity index (χ1n) is 6.84. The monoisotopic (exact) mass is 258 g/mol. The molecule has 2 saturated heterocycles. The van der Waals surface area contributed by atoms with E-state index in [1.807, 2.05) is 0 Å². The summed E-state index contributed by atoms with van der Waals surface area (Å²) >= 11 is 2.07. The van der Waals surface area contributed by atoms with E-state index in [0.717, 1.165) is 25.7 Å². The number of likely N-dealkylation sites (N-methyl/N-ethyl adjacent to an activating group) is 1. The van der Waals surface area contributed by atoms with Gasteiger partial charge in [-0.2, -0.15) is 11.8 Å². The van der Waals surface area contributed by atoms with Gasteiger partial charge in [-0.3, -0.25) is 4.90 Å². The second-order valence-corrected chi connectivity index (χ2v) is 6.63. The van der Waals surface area contributed by atoms with Gasteiger partial charge in [0, 0.05) is 37.6 Å². The summed E-state index contributed by atoms with van der Waals surface area (Å²) in [5.41, 5.74) is 6.33. The van der Waals surface area contributed by atoms with Crippen LogP contribution in [0.25, 0.3) is 0 Å². The first kappa shape index (κ1) is 13.7. The zero-order chi connectivity index (χ0) is 12.1. The molecular formula is C13H26N2OS. The van der Waals surface area contributed by atoms with Crippen molar-refractivity contribution >= 4 is 11.8 Å². The highest BCUT2D eigenvalue weighted by Gasteiger charge is 2.36. The molecular weight excluding hydrogens is 232 g/mol. The van der Waals surface area contributed by atoms with Crippen LogP contribution >= 0.6 is 11.8 Å². The number of hydrogen-bond acceptors (Lipinski definition) is 4. The van der Waals surface area contributed by atoms with Gasteiger partial charge in [-0.15, -0.1) is 0 Å². The number of hydrogen-bond donors (Lipinski definition) is 1. The van der Waals surface area contributed by atoms with Crippen molar-refractivity contribution in [2.45, 2.75) is 31.2 Å². The highest BCUT2D eigenvalue weighted by molar-refractivity contribution is 7.99. The Hall–Kier alpha value is 0.230. The van der Waals surface area contributed by atoms with Crippen LogP contribution in [0.2, 0.25) is 0 Å². The molecule has 0 aromatic carbocycles. The summed E-state index contributed by atoms with van der Waals surface area (Å²) in [6, 6.07) is 0. The van der Waals surface area contributed by atoms with Gasteiger partial charge in [0.25, 0.3) is 0 Å². The third kappa shape index (κ3) is 3.37. The van der Waals surface area contributed by atoms with Crippen LogP contribution in [0.15, 0.2) is 0 Å². The standard InChI is InChI=1S/C13H26N2OS/c1-15(9-12-3-6-16-7-4-12)13(10-14)5-2-8-17-11-13/h12H,2-11,14H2,1H3. The second kappa shape index (κ2) is 6.41. The Labute approximate surface area is 109 Å². The predicted molar refractivity (Wildman–Crippen MR) is 74.5 cm³/mol. The quantitative estimate of drug-likeness (QED) is 0.831. The molecule has 0 amide bonds. The zero-order valence-electron chi connectivity index (χ0n) is 11.0. The Kier molecular flexibility index (Phi) is 5.15. The van der Waals surface area contributed by atoms with Crippen molar-refractivity contribution in [3.63, 3.8) is 0 Å². The van der Waals surface area contributed by atoms with Gasteiger partial charge in [0.15, 0.2) is 0 Å². The minimum Gasteiger partial charge on any atom is -0.381 e. The van der Waals surface area contributed by atoms with Crippen molar-refractivity contribution in [2.75, 3.05) is 44.9 Å². The fourth-order valence-corrected chi connectivity index (χ4v) is 4.32. The van der Waals surface area contributed by atoms with Gasteiger partial charge in [-0.1, -0.05) is 0 Å². The first-order valence-corrected chi connectivity index (χ1v) is 7.99. The van der Waals surface area contributed by atoms with Crippen molar-refractivity contribution in [1.82, 2.24) is 4.90 Å². The fraction of sp³-hybridized carbons (Fsp3) is 1.00. The number of thioether (sulfide) groups is 1. The summed E-state index contributed by atoms with van der Waals surface area (Å²) in [6.07, 6.45) is 5.03. The van der Waals surface area contributed by atoms with E-state index < -0.39 is 0 Å². The molecule has 0 aromatic heterocycles. The molecule has 2 heterocycles. The summed E-state index contributed by atoms with van der Waals surface area (Å²) in [6.45, 7) is 3.90. The molecule has 2 N–H and O–H groups in total. The van der Waals surface area contributed by atoms with Gasteiger partial charge in [-0.25, -0.2) is 0 Å². The summed E-state index contributed by atoms with van der Waals surface area (Å²) in [5.74, 6) is 3.33. The number of nitrogens with two attached hydrogens (primary N) is 1. The van der Waals surface area contributed by atoms with Crippen molar-refractivity contribution in [2.24, 2.45) is 11.7 Å². The summed E-state index contributed by atoms with van der Waals surface area (Å²) in [7, 11) is 2.27. The molecule has 2 rings (SSSR count). The minimum absolute atomic E-state index is 0.265. The molecule has 0 bridgehead atoms. The highest BCUT2D eigenvalue weighted by Crippen LogP contribution is 2.32. The maximum Gasteiger partial charge on any atom is 0.0469 e. The normalized spacial score (nSPS) is 31.9. The average Bonchev–Trinajstić information content (AvgIpc) is 2.40. The molecule has 2 aliphatic heterocycles. The van der Waals surface area contributed by atoms with Crippen molar-refractivity contribution in [1.29, 1.82) is 0 Å². The van der Waals surface area contributed by atoms with E-state index in [1.54, 1.807) is 0 Å². The molecule has 0 aliphatic carbocycles. The van der Waals surface area contributed by atoms with E-state index >= 15 is 0 Å². The first-order chi connectivity index (χ1) is 8.27. The van der Waals surface area contributed by atoms with Crippen LogP contribution in [0.1, 0.15) is 25.7 Å². The lowest BCUT2D eigenvalue weighted by Crippen LogP contribution is -2.56. The molecule has 0 spiro atoms. The smallest absolute Gasteiger partial charge is 0.0469 e. The van der Waals surface area contributed by atoms with Gasteiger partial charge in [-0.05, 0) is 44.4 Å². The maximum atomic E-state index is 6.06. The van der Waals surface area contributed by atoms with E-state index in [9.17, 15) is 0 Å². The third-order valence-electron chi connectivity index (χ3n) is 4.36. The molecule has 0 saturated carbocycles. The molecule has 0 radical (unpaired) electrons. The van der Waals surface area contributed by atoms with Gasteiger partial charge in [0.1, 0.15) is 0 Å². The number of ether oxygens (including phenoxy) is 1. The van der Waals surface area contributed by atoms with E-state index in [0.29, 0.717) is 0 Å². The summed E-state index contributed by atoms with van der Waals surface area (Å²) < 4.78 is 5.43. The molecule has 3 nitrogen and oxygen atoms in total. The van der Waals surface area contributed by atoms with Crippen molar-refractivity contribution < 1.29 is 4.74 Å². The molecule has 2 fully saturated rings. The van der Waals surface area contributed by atoms with Crippen LogP contribution in [0.5, 0.6) is 0 Å². The van der Waals surface area contributed by atoms with Crippen LogP contribution in [-0.4, -0.2) is 55.3 Å². The van der Waals surface area contributed by atoms with E-state index in [4.69, 9.17) is 10.5 Å². The van der Waals surface area contributed by atoms with Crippen LogP contribution < -0.4 is 5.73 Å². The highest BCUT2D eigenvalue weighted by atomic mass is 32.2. The molecule has 2 aliphatic rings. The van der Waals surface area contributed by atoms with Crippen LogP contribution in [0.4, 0.5) is 0 Å². The van der Waals surface area contributed by atoms with Gasteiger partial charge in [0.2, 0.25) is 0 Å². The lowest BCUT2D eigenvalue weighted by Gasteiger charge is -2.45. The molecule has 4 heteroatoms. The Bertz CT molecular complexity index is 225. The molecule has 0 aromatic rings. The van der Waals surface area contributed by atoms with Gasteiger partial charge in [0.05, 0.1) is 0 Å². The van der Waals surface area contributed by atoms with E-state index in [-0.39, 0.29) is 5.54 Å². The Morgan fingerprint density at radius 3 is 2.76 bits per heavy atom. The lowest BCUT2D eigenvalue weighted by atomic mass is 9.91. The Balaban J connectivity index is 1.89. The number of rotatable bonds is 4. The Morgan fingerprint density at radius 2 is 2.18 bits per heavy atom. The van der Waals surface area contributed by atoms with Crippen LogP contribution in [-0.2, 0) is 4.74 Å². The fourth-order valence-electron chi connectivity index (χ4n) is 2.97. The predicted octanol–water partition coefficient (Wildman–Crippen LogP) is 1.57. The largest absolute Gasteiger partial charge is 0.381 e. The minimum atomic E-state index is 0.265. The second-order valence-electron chi connectivity index (χ2n) is 5.52. The van der Waals surface area contributed by atoms with E-state index in [2.05, 4.69) is 23.7 Å². The Morgan fingerprint density at radius 1 is 1.41 bits per heavy atom. The van der Waals surface area contributed by atoms with E-state index in [1.165, 1.54) is 43.7 Å². The third-order valence-corrected chi connectivity index (χ3v) is 5.68. The van der Waals surface area contributed by atoms with Crippen LogP contribution in [0, 0.1) is 5.92 Å². The molecule has 1 unspecified atom stereocenters. The molecule has 100 valence electrons. The SMILES string of the molecule is CN(CC1CCOCC1)C1(CN)CCCSC1. The van der Waals surface area contributed by atoms with Crippen molar-refractivity contribution in [3.05, 3.63) is 0 Å². The molecule has 1 atom stereocenters. The topological polar surface area (TPSA) is 38.5 Å². The lowest BCUT2D eigenvalue weighted by molar-refractivity contribution is 0.0365. The van der Waals surface area contributed by atoms with Crippen molar-refractivity contribution in [3.8, 4) is 0 Å². The van der Waals surface area contributed by atoms with Crippen LogP contribution in [0.3, 0.4) is 0 Å². The average molecular weight is 258 g/mol. The summed E-state index contributed by atoms with van der Waals surface area (Å²) in [4.78, 5) is 2.55. The number of nitrogens with zero attached hydrogens (tertiary/aromatic N) is 1. The van der Waals surface area contributed by atoms with Gasteiger partial charge < -0.3 is 10.5 Å². The zero-order valence-corrected chi connectivity index (χ0v) is 11.8. The van der Waals surface area contributed by atoms with Gasteiger partial charge >= 0.3 is 0 Å².